The average Bonchev–Trinajstić information content (AvgIpc) is 2.26. The molecule has 0 aliphatic rings. The van der Waals surface area contributed by atoms with Gasteiger partial charge in [-0.25, -0.2) is 13.2 Å². The van der Waals surface area contributed by atoms with Gasteiger partial charge in [-0.15, -0.1) is 0 Å². The number of esters is 1. The highest BCUT2D eigenvalue weighted by molar-refractivity contribution is 5.72. The first-order valence-corrected chi connectivity index (χ1v) is 5.36. The van der Waals surface area contributed by atoms with Crippen LogP contribution in [0.15, 0.2) is 6.20 Å². The summed E-state index contributed by atoms with van der Waals surface area (Å²) in [6.45, 7) is 1.34. The van der Waals surface area contributed by atoms with Crippen molar-refractivity contribution >= 4 is 5.97 Å². The molecule has 0 aliphatic heterocycles. The van der Waals surface area contributed by atoms with E-state index in [4.69, 9.17) is 0 Å². The van der Waals surface area contributed by atoms with Crippen LogP contribution >= 0.6 is 0 Å². The molecule has 1 rings (SSSR count). The van der Waals surface area contributed by atoms with Gasteiger partial charge in [0.25, 0.3) is 6.43 Å². The SMILES string of the molecule is CCOC(=O)Cc1ncc(C(F)F)c(F)c1C(F)(F)F. The van der Waals surface area contributed by atoms with Crippen LogP contribution in [0.25, 0.3) is 0 Å². The van der Waals surface area contributed by atoms with Crippen LogP contribution in [-0.4, -0.2) is 17.6 Å². The molecular weight excluding hydrogens is 292 g/mol. The van der Waals surface area contributed by atoms with Crippen LogP contribution in [0.1, 0.15) is 30.2 Å². The Kier molecular flexibility index (Phi) is 4.96. The summed E-state index contributed by atoms with van der Waals surface area (Å²) in [6.07, 6.45) is -9.36. The molecule has 0 radical (unpaired) electrons. The van der Waals surface area contributed by atoms with E-state index in [1.165, 1.54) is 6.92 Å². The molecule has 1 aromatic heterocycles. The molecule has 0 amide bonds. The number of rotatable bonds is 4. The lowest BCUT2D eigenvalue weighted by Gasteiger charge is -2.14. The number of carbonyl (C=O) groups is 1. The van der Waals surface area contributed by atoms with Gasteiger partial charge in [0.15, 0.2) is 0 Å². The van der Waals surface area contributed by atoms with E-state index in [0.717, 1.165) is 0 Å². The van der Waals surface area contributed by atoms with Crippen molar-refractivity contribution in [2.45, 2.75) is 25.9 Å². The van der Waals surface area contributed by atoms with Gasteiger partial charge >= 0.3 is 12.1 Å². The van der Waals surface area contributed by atoms with Gasteiger partial charge in [-0.3, -0.25) is 9.78 Å². The summed E-state index contributed by atoms with van der Waals surface area (Å²) in [5, 5.41) is 0. The summed E-state index contributed by atoms with van der Waals surface area (Å²) in [5.74, 6) is -3.18. The summed E-state index contributed by atoms with van der Waals surface area (Å²) in [5.41, 5.74) is -4.42. The van der Waals surface area contributed by atoms with E-state index in [1.807, 2.05) is 0 Å². The molecule has 0 fully saturated rings. The van der Waals surface area contributed by atoms with Crippen LogP contribution < -0.4 is 0 Å². The van der Waals surface area contributed by atoms with E-state index in [9.17, 15) is 31.1 Å². The quantitative estimate of drug-likeness (QED) is 0.633. The first kappa shape index (κ1) is 16.3. The Morgan fingerprint density at radius 1 is 1.40 bits per heavy atom. The number of carbonyl (C=O) groups excluding carboxylic acids is 1. The largest absolute Gasteiger partial charge is 0.466 e. The fraction of sp³-hybridized carbons (Fsp3) is 0.455. The molecule has 9 heteroatoms. The van der Waals surface area contributed by atoms with Crippen LogP contribution in [0.2, 0.25) is 0 Å². The lowest BCUT2D eigenvalue weighted by molar-refractivity contribution is -0.144. The average molecular weight is 301 g/mol. The van der Waals surface area contributed by atoms with Crippen molar-refractivity contribution in [3.8, 4) is 0 Å². The second-order valence-electron chi connectivity index (χ2n) is 3.63. The van der Waals surface area contributed by atoms with E-state index < -0.39 is 47.6 Å². The maximum atomic E-state index is 13.5. The number of halogens is 6. The molecule has 0 aromatic carbocycles. The third-order valence-corrected chi connectivity index (χ3v) is 2.26. The van der Waals surface area contributed by atoms with Crippen LogP contribution in [0.4, 0.5) is 26.3 Å². The molecule has 0 spiro atoms. The molecule has 0 saturated heterocycles. The Labute approximate surface area is 109 Å². The smallest absolute Gasteiger partial charge is 0.421 e. The molecule has 20 heavy (non-hydrogen) atoms. The fourth-order valence-electron chi connectivity index (χ4n) is 1.46. The van der Waals surface area contributed by atoms with E-state index in [2.05, 4.69) is 9.72 Å². The molecule has 0 atom stereocenters. The third-order valence-electron chi connectivity index (χ3n) is 2.26. The minimum absolute atomic E-state index is 0.0855. The van der Waals surface area contributed by atoms with E-state index in [-0.39, 0.29) is 12.8 Å². The van der Waals surface area contributed by atoms with Crippen LogP contribution in [0.3, 0.4) is 0 Å². The van der Waals surface area contributed by atoms with Crippen molar-refractivity contribution in [2.75, 3.05) is 6.61 Å². The van der Waals surface area contributed by atoms with Crippen molar-refractivity contribution in [2.24, 2.45) is 0 Å². The van der Waals surface area contributed by atoms with E-state index in [1.54, 1.807) is 0 Å². The van der Waals surface area contributed by atoms with Gasteiger partial charge in [0.1, 0.15) is 11.4 Å². The van der Waals surface area contributed by atoms with Crippen molar-refractivity contribution in [3.63, 3.8) is 0 Å². The number of hydrogen-bond acceptors (Lipinski definition) is 3. The van der Waals surface area contributed by atoms with Gasteiger partial charge in [-0.2, -0.15) is 13.2 Å². The Morgan fingerprint density at radius 2 is 2.00 bits per heavy atom. The van der Waals surface area contributed by atoms with Gasteiger partial charge in [-0.05, 0) is 6.92 Å². The molecule has 3 nitrogen and oxygen atoms in total. The first-order chi connectivity index (χ1) is 9.18. The fourth-order valence-corrected chi connectivity index (χ4v) is 1.46. The zero-order valence-electron chi connectivity index (χ0n) is 10.1. The Bertz CT molecular complexity index is 500. The Balaban J connectivity index is 3.31. The normalized spacial score (nSPS) is 11.8. The molecule has 112 valence electrons. The number of hydrogen-bond donors (Lipinski definition) is 0. The number of alkyl halides is 5. The maximum absolute atomic E-state index is 13.5. The molecule has 0 bridgehead atoms. The van der Waals surface area contributed by atoms with Crippen molar-refractivity contribution in [1.29, 1.82) is 0 Å². The second kappa shape index (κ2) is 6.10. The van der Waals surface area contributed by atoms with Gasteiger partial charge in [-0.1, -0.05) is 0 Å². The highest BCUT2D eigenvalue weighted by Gasteiger charge is 2.40. The van der Waals surface area contributed by atoms with E-state index >= 15 is 0 Å². The minimum atomic E-state index is -5.25. The Morgan fingerprint density at radius 3 is 2.45 bits per heavy atom. The second-order valence-corrected chi connectivity index (χ2v) is 3.63. The highest BCUT2D eigenvalue weighted by atomic mass is 19.4. The monoisotopic (exact) mass is 301 g/mol. The standard InChI is InChI=1S/C11H9F6NO2/c1-2-20-7(19)3-6-8(11(15,16)17)9(12)5(4-18-6)10(13)14/h4,10H,2-3H2,1H3. The van der Waals surface area contributed by atoms with Gasteiger partial charge < -0.3 is 4.74 Å². The molecule has 0 unspecified atom stereocenters. The maximum Gasteiger partial charge on any atom is 0.421 e. The third kappa shape index (κ3) is 3.61. The van der Waals surface area contributed by atoms with Gasteiger partial charge in [0, 0.05) is 6.20 Å². The summed E-state index contributed by atoms with van der Waals surface area (Å²) in [7, 11) is 0. The van der Waals surface area contributed by atoms with Crippen molar-refractivity contribution in [3.05, 3.63) is 28.8 Å². The van der Waals surface area contributed by atoms with Crippen LogP contribution in [0.5, 0.6) is 0 Å². The highest BCUT2D eigenvalue weighted by Crippen LogP contribution is 2.36. The molecule has 0 N–H and O–H groups in total. The zero-order valence-corrected chi connectivity index (χ0v) is 10.1. The summed E-state index contributed by atoms with van der Waals surface area (Å²) in [6, 6.07) is 0. The summed E-state index contributed by atoms with van der Waals surface area (Å²) in [4.78, 5) is 14.2. The summed E-state index contributed by atoms with van der Waals surface area (Å²) >= 11 is 0. The lowest BCUT2D eigenvalue weighted by atomic mass is 10.1. The van der Waals surface area contributed by atoms with Crippen molar-refractivity contribution < 1.29 is 35.9 Å². The van der Waals surface area contributed by atoms with Crippen LogP contribution in [0, 0.1) is 5.82 Å². The number of pyridine rings is 1. The predicted octanol–water partition coefficient (Wildman–Crippen LogP) is 3.28. The number of aromatic nitrogens is 1. The molecule has 0 saturated carbocycles. The summed E-state index contributed by atoms with van der Waals surface area (Å²) < 4.78 is 80.8. The minimum Gasteiger partial charge on any atom is -0.466 e. The van der Waals surface area contributed by atoms with Crippen LogP contribution in [-0.2, 0) is 22.1 Å². The molecule has 1 aromatic rings. The zero-order chi connectivity index (χ0) is 15.5. The topological polar surface area (TPSA) is 39.2 Å². The Hall–Kier alpha value is -1.80. The van der Waals surface area contributed by atoms with Gasteiger partial charge in [0.05, 0.1) is 24.3 Å². The van der Waals surface area contributed by atoms with E-state index in [0.29, 0.717) is 0 Å². The molecule has 0 aliphatic carbocycles. The first-order valence-electron chi connectivity index (χ1n) is 5.36. The lowest BCUT2D eigenvalue weighted by Crippen LogP contribution is -2.19. The number of nitrogens with zero attached hydrogens (tertiary/aromatic N) is 1. The number of ether oxygens (including phenoxy) is 1. The molecule has 1 heterocycles. The molecular formula is C11H9F6NO2. The van der Waals surface area contributed by atoms with Crippen molar-refractivity contribution in [1.82, 2.24) is 4.98 Å². The van der Waals surface area contributed by atoms with Gasteiger partial charge in [0.2, 0.25) is 0 Å². The predicted molar refractivity (Wildman–Crippen MR) is 54.5 cm³/mol.